The van der Waals surface area contributed by atoms with E-state index in [1.54, 1.807) is 0 Å². The van der Waals surface area contributed by atoms with Gasteiger partial charge in [0.1, 0.15) is 4.70 Å². The second-order valence-corrected chi connectivity index (χ2v) is 6.31. The molecule has 0 spiro atoms. The Balaban J connectivity index is 1.93. The van der Waals surface area contributed by atoms with Crippen molar-refractivity contribution >= 4 is 38.0 Å². The highest BCUT2D eigenvalue weighted by Crippen LogP contribution is 2.29. The molecule has 4 rings (SSSR count). The van der Waals surface area contributed by atoms with Gasteiger partial charge in [-0.15, -0.1) is 11.3 Å². The van der Waals surface area contributed by atoms with Gasteiger partial charge in [0.15, 0.2) is 0 Å². The topological polar surface area (TPSA) is 36.1 Å². The van der Waals surface area contributed by atoms with Crippen LogP contribution in [0.15, 0.2) is 34.4 Å². The molecule has 0 atom stereocenters. The van der Waals surface area contributed by atoms with E-state index in [4.69, 9.17) is 0 Å². The fourth-order valence-electron chi connectivity index (χ4n) is 3.09. The van der Waals surface area contributed by atoms with Gasteiger partial charge in [-0.05, 0) is 48.9 Å². The monoisotopic (exact) mass is 284 g/mol. The lowest BCUT2D eigenvalue weighted by Crippen LogP contribution is -2.29. The third kappa shape index (κ3) is 1.83. The van der Waals surface area contributed by atoms with Gasteiger partial charge >= 0.3 is 0 Å². The number of fused-ring (bicyclic) bond motifs is 3. The lowest BCUT2D eigenvalue weighted by Gasteiger charge is -2.29. The van der Waals surface area contributed by atoms with Crippen LogP contribution in [0.5, 0.6) is 0 Å². The van der Waals surface area contributed by atoms with Crippen LogP contribution in [0.25, 0.3) is 21.0 Å². The number of aromatic nitrogens is 1. The van der Waals surface area contributed by atoms with Crippen molar-refractivity contribution < 1.29 is 0 Å². The van der Waals surface area contributed by atoms with E-state index in [1.165, 1.54) is 36.3 Å². The zero-order valence-corrected chi connectivity index (χ0v) is 12.0. The maximum absolute atomic E-state index is 12.0. The van der Waals surface area contributed by atoms with Gasteiger partial charge in [-0.2, -0.15) is 0 Å². The molecule has 2 aromatic heterocycles. The molecular weight excluding hydrogens is 268 g/mol. The first kappa shape index (κ1) is 12.0. The number of benzene rings is 1. The first-order valence-electron chi connectivity index (χ1n) is 7.11. The smallest absolute Gasteiger partial charge is 0.266 e. The van der Waals surface area contributed by atoms with Gasteiger partial charge in [-0.1, -0.05) is 0 Å². The van der Waals surface area contributed by atoms with Gasteiger partial charge in [-0.25, -0.2) is 0 Å². The Kier molecular flexibility index (Phi) is 2.77. The highest BCUT2D eigenvalue weighted by Gasteiger charge is 2.13. The van der Waals surface area contributed by atoms with Crippen LogP contribution in [-0.2, 0) is 0 Å². The molecule has 1 N–H and O–H groups in total. The number of H-pyrrole nitrogens is 1. The molecular formula is C16H16N2OS. The molecule has 0 saturated carbocycles. The predicted octanol–water partition coefficient (Wildman–Crippen LogP) is 3.73. The van der Waals surface area contributed by atoms with Crippen LogP contribution in [0, 0.1) is 0 Å². The number of rotatable bonds is 1. The van der Waals surface area contributed by atoms with E-state index in [0.717, 1.165) is 34.1 Å². The molecule has 3 nitrogen and oxygen atoms in total. The Hall–Kier alpha value is -1.81. The molecule has 0 bridgehead atoms. The molecule has 0 aliphatic carbocycles. The SMILES string of the molecule is O=c1[nH]c2ccc(N3CCCCC3)cc2c2ccsc12. The second-order valence-electron chi connectivity index (χ2n) is 5.40. The molecule has 4 heteroatoms. The van der Waals surface area contributed by atoms with Gasteiger partial charge in [-0.3, -0.25) is 4.79 Å². The second kappa shape index (κ2) is 4.63. The van der Waals surface area contributed by atoms with Gasteiger partial charge in [0.2, 0.25) is 0 Å². The number of piperidine rings is 1. The number of aromatic amines is 1. The van der Waals surface area contributed by atoms with Gasteiger partial charge in [0, 0.05) is 35.1 Å². The van der Waals surface area contributed by atoms with Crippen molar-refractivity contribution in [1.82, 2.24) is 4.98 Å². The van der Waals surface area contributed by atoms with E-state index < -0.39 is 0 Å². The summed E-state index contributed by atoms with van der Waals surface area (Å²) in [5.41, 5.74) is 2.23. The van der Waals surface area contributed by atoms with E-state index in [1.807, 2.05) is 11.4 Å². The summed E-state index contributed by atoms with van der Waals surface area (Å²) < 4.78 is 0.827. The summed E-state index contributed by atoms with van der Waals surface area (Å²) in [4.78, 5) is 17.4. The molecule has 1 saturated heterocycles. The summed E-state index contributed by atoms with van der Waals surface area (Å²) >= 11 is 1.51. The Morgan fingerprint density at radius 3 is 2.75 bits per heavy atom. The standard InChI is InChI=1S/C16H16N2OS/c19-16-15-12(6-9-20-15)13-10-11(4-5-14(13)17-16)18-7-2-1-3-8-18/h4-6,9-10H,1-3,7-8H2,(H,17,19). The number of pyridine rings is 1. The minimum Gasteiger partial charge on any atom is -0.372 e. The fourth-order valence-corrected chi connectivity index (χ4v) is 3.89. The number of thiophene rings is 1. The number of nitrogens with zero attached hydrogens (tertiary/aromatic N) is 1. The Morgan fingerprint density at radius 1 is 1.05 bits per heavy atom. The minimum absolute atomic E-state index is 0.0215. The fraction of sp³-hybridized carbons (Fsp3) is 0.312. The minimum atomic E-state index is 0.0215. The van der Waals surface area contributed by atoms with E-state index in [0.29, 0.717) is 0 Å². The van der Waals surface area contributed by atoms with E-state index in [-0.39, 0.29) is 5.56 Å². The summed E-state index contributed by atoms with van der Waals surface area (Å²) in [5, 5.41) is 4.23. The normalized spacial score (nSPS) is 16.1. The van der Waals surface area contributed by atoms with Crippen molar-refractivity contribution in [3.8, 4) is 0 Å². The number of nitrogens with one attached hydrogen (secondary N) is 1. The summed E-state index contributed by atoms with van der Waals surface area (Å²) in [6.07, 6.45) is 3.89. The van der Waals surface area contributed by atoms with Crippen molar-refractivity contribution in [2.45, 2.75) is 19.3 Å². The van der Waals surface area contributed by atoms with Crippen LogP contribution in [-0.4, -0.2) is 18.1 Å². The Morgan fingerprint density at radius 2 is 1.90 bits per heavy atom. The molecule has 0 amide bonds. The van der Waals surface area contributed by atoms with Gasteiger partial charge < -0.3 is 9.88 Å². The molecule has 3 aromatic rings. The van der Waals surface area contributed by atoms with E-state index in [2.05, 4.69) is 28.1 Å². The quantitative estimate of drug-likeness (QED) is 0.739. The lowest BCUT2D eigenvalue weighted by atomic mass is 10.1. The van der Waals surface area contributed by atoms with Crippen LogP contribution in [0.2, 0.25) is 0 Å². The predicted molar refractivity (Wildman–Crippen MR) is 86.0 cm³/mol. The molecule has 102 valence electrons. The molecule has 1 aliphatic rings. The molecule has 0 unspecified atom stereocenters. The maximum Gasteiger partial charge on any atom is 0.266 e. The van der Waals surface area contributed by atoms with Crippen LogP contribution >= 0.6 is 11.3 Å². The van der Waals surface area contributed by atoms with Crippen LogP contribution in [0.1, 0.15) is 19.3 Å². The lowest BCUT2D eigenvalue weighted by molar-refractivity contribution is 0.578. The third-order valence-corrected chi connectivity index (χ3v) is 5.05. The average molecular weight is 284 g/mol. The largest absolute Gasteiger partial charge is 0.372 e. The van der Waals surface area contributed by atoms with Crippen molar-refractivity contribution in [2.24, 2.45) is 0 Å². The Bertz CT molecular complexity index is 827. The maximum atomic E-state index is 12.0. The van der Waals surface area contributed by atoms with Gasteiger partial charge in [0.25, 0.3) is 5.56 Å². The summed E-state index contributed by atoms with van der Waals surface area (Å²) in [6, 6.07) is 8.45. The van der Waals surface area contributed by atoms with Crippen molar-refractivity contribution in [3.05, 3.63) is 40.0 Å². The summed E-state index contributed by atoms with van der Waals surface area (Å²) in [6.45, 7) is 2.28. The molecule has 20 heavy (non-hydrogen) atoms. The van der Waals surface area contributed by atoms with E-state index >= 15 is 0 Å². The van der Waals surface area contributed by atoms with Crippen molar-refractivity contribution in [3.63, 3.8) is 0 Å². The van der Waals surface area contributed by atoms with E-state index in [9.17, 15) is 4.79 Å². The Labute approximate surface area is 120 Å². The third-order valence-electron chi connectivity index (χ3n) is 4.13. The molecule has 0 radical (unpaired) electrons. The number of hydrogen-bond donors (Lipinski definition) is 1. The van der Waals surface area contributed by atoms with Crippen molar-refractivity contribution in [2.75, 3.05) is 18.0 Å². The molecule has 3 heterocycles. The zero-order valence-electron chi connectivity index (χ0n) is 11.2. The molecule has 1 aromatic carbocycles. The summed E-state index contributed by atoms with van der Waals surface area (Å²) in [7, 11) is 0. The number of hydrogen-bond acceptors (Lipinski definition) is 3. The van der Waals surface area contributed by atoms with Crippen molar-refractivity contribution in [1.29, 1.82) is 0 Å². The van der Waals surface area contributed by atoms with Crippen LogP contribution in [0.3, 0.4) is 0 Å². The van der Waals surface area contributed by atoms with Gasteiger partial charge in [0.05, 0.1) is 0 Å². The first-order chi connectivity index (χ1) is 9.83. The zero-order chi connectivity index (χ0) is 13.5. The van der Waals surface area contributed by atoms with Crippen LogP contribution in [0.4, 0.5) is 5.69 Å². The summed E-state index contributed by atoms with van der Waals surface area (Å²) in [5.74, 6) is 0. The highest BCUT2D eigenvalue weighted by atomic mass is 32.1. The average Bonchev–Trinajstić information content (AvgIpc) is 2.98. The molecule has 1 aliphatic heterocycles. The van der Waals surface area contributed by atoms with Crippen LogP contribution < -0.4 is 10.5 Å². The first-order valence-corrected chi connectivity index (χ1v) is 7.99. The highest BCUT2D eigenvalue weighted by molar-refractivity contribution is 7.17. The number of anilines is 1. The molecule has 1 fully saturated rings.